The van der Waals surface area contributed by atoms with Gasteiger partial charge in [0.2, 0.25) is 5.91 Å². The molecule has 25 heavy (non-hydrogen) atoms. The lowest BCUT2D eigenvalue weighted by atomic mass is 10.2. The largest absolute Gasteiger partial charge is 0.365 e. The van der Waals surface area contributed by atoms with E-state index in [1.54, 1.807) is 9.58 Å². The number of rotatable bonds is 3. The maximum Gasteiger partial charge on any atom is 0.253 e. The summed E-state index contributed by atoms with van der Waals surface area (Å²) in [6, 6.07) is 1.96. The van der Waals surface area contributed by atoms with Gasteiger partial charge >= 0.3 is 0 Å². The molecule has 0 unspecified atom stereocenters. The number of carbonyl (C=O) groups is 2. The Morgan fingerprint density at radius 3 is 2.48 bits per heavy atom. The van der Waals surface area contributed by atoms with Crippen molar-refractivity contribution in [2.45, 2.75) is 52.2 Å². The Morgan fingerprint density at radius 1 is 1.12 bits per heavy atom. The molecular weight excluding hydrogens is 320 g/mol. The zero-order valence-corrected chi connectivity index (χ0v) is 15.2. The Labute approximate surface area is 148 Å². The Hall–Kier alpha value is -1.89. The van der Waals surface area contributed by atoms with Crippen LogP contribution in [0.3, 0.4) is 0 Å². The Balaban J connectivity index is 1.59. The minimum absolute atomic E-state index is 0.0110. The van der Waals surface area contributed by atoms with E-state index in [-0.39, 0.29) is 18.4 Å². The zero-order chi connectivity index (χ0) is 17.8. The van der Waals surface area contributed by atoms with Crippen molar-refractivity contribution in [2.24, 2.45) is 0 Å². The minimum atomic E-state index is -0.531. The van der Waals surface area contributed by atoms with Crippen LogP contribution >= 0.6 is 0 Å². The third-order valence-corrected chi connectivity index (χ3v) is 5.00. The highest BCUT2D eigenvalue weighted by Crippen LogP contribution is 2.15. The monoisotopic (exact) mass is 348 g/mol. The van der Waals surface area contributed by atoms with Crippen molar-refractivity contribution < 1.29 is 14.3 Å². The van der Waals surface area contributed by atoms with Gasteiger partial charge in [-0.15, -0.1) is 0 Å². The standard InChI is InChI=1S/C18H28N4O3/c1-14-11-15(2)22(19-14)13-17(23)21-9-10-25-16(12-21)18(24)20-7-5-3-4-6-8-20/h11,16H,3-10,12-13H2,1-2H3/t16-/m1/s1. The van der Waals surface area contributed by atoms with Gasteiger partial charge in [0.15, 0.2) is 6.10 Å². The van der Waals surface area contributed by atoms with E-state index in [1.807, 2.05) is 24.8 Å². The first kappa shape index (κ1) is 17.9. The van der Waals surface area contributed by atoms with Crippen LogP contribution in [-0.4, -0.2) is 70.3 Å². The molecular formula is C18H28N4O3. The molecule has 3 rings (SSSR count). The van der Waals surface area contributed by atoms with Crippen molar-refractivity contribution in [1.29, 1.82) is 0 Å². The second-order valence-electron chi connectivity index (χ2n) is 7.02. The van der Waals surface area contributed by atoms with Crippen molar-refractivity contribution in [3.8, 4) is 0 Å². The number of aryl methyl sites for hydroxylation is 2. The van der Waals surface area contributed by atoms with Crippen molar-refractivity contribution in [3.63, 3.8) is 0 Å². The van der Waals surface area contributed by atoms with Crippen LogP contribution in [0.5, 0.6) is 0 Å². The molecule has 0 radical (unpaired) electrons. The average Bonchev–Trinajstić information content (AvgIpc) is 2.82. The minimum Gasteiger partial charge on any atom is -0.365 e. The van der Waals surface area contributed by atoms with Crippen LogP contribution in [0, 0.1) is 13.8 Å². The van der Waals surface area contributed by atoms with E-state index in [1.165, 1.54) is 12.8 Å². The van der Waals surface area contributed by atoms with Crippen molar-refractivity contribution >= 4 is 11.8 Å². The van der Waals surface area contributed by atoms with Gasteiger partial charge in [0.1, 0.15) is 6.54 Å². The molecule has 0 spiro atoms. The second kappa shape index (κ2) is 7.99. The maximum atomic E-state index is 12.7. The van der Waals surface area contributed by atoms with E-state index in [9.17, 15) is 9.59 Å². The number of carbonyl (C=O) groups excluding carboxylic acids is 2. The normalized spacial score (nSPS) is 21.9. The molecule has 2 aliphatic rings. The van der Waals surface area contributed by atoms with Crippen LogP contribution in [0.4, 0.5) is 0 Å². The molecule has 2 fully saturated rings. The highest BCUT2D eigenvalue weighted by Gasteiger charge is 2.32. The van der Waals surface area contributed by atoms with Gasteiger partial charge in [-0.05, 0) is 32.8 Å². The van der Waals surface area contributed by atoms with Gasteiger partial charge in [-0.1, -0.05) is 12.8 Å². The molecule has 7 nitrogen and oxygen atoms in total. The fourth-order valence-electron chi connectivity index (χ4n) is 3.58. The van der Waals surface area contributed by atoms with Crippen LogP contribution in [0.15, 0.2) is 6.07 Å². The van der Waals surface area contributed by atoms with E-state index in [4.69, 9.17) is 4.74 Å². The number of nitrogens with zero attached hydrogens (tertiary/aromatic N) is 4. The van der Waals surface area contributed by atoms with Gasteiger partial charge in [0, 0.05) is 25.3 Å². The van der Waals surface area contributed by atoms with E-state index in [0.717, 1.165) is 37.3 Å². The molecule has 0 N–H and O–H groups in total. The summed E-state index contributed by atoms with van der Waals surface area (Å²) in [6.07, 6.45) is 3.94. The van der Waals surface area contributed by atoms with Crippen molar-refractivity contribution in [3.05, 3.63) is 17.5 Å². The van der Waals surface area contributed by atoms with Gasteiger partial charge < -0.3 is 14.5 Å². The van der Waals surface area contributed by atoms with E-state index in [2.05, 4.69) is 5.10 Å². The average molecular weight is 348 g/mol. The SMILES string of the molecule is Cc1cc(C)n(CC(=O)N2CCO[C@@H](C(=O)N3CCCCCC3)C2)n1. The lowest BCUT2D eigenvalue weighted by molar-refractivity contribution is -0.154. The number of hydrogen-bond acceptors (Lipinski definition) is 4. The zero-order valence-electron chi connectivity index (χ0n) is 15.2. The van der Waals surface area contributed by atoms with Gasteiger partial charge in [-0.2, -0.15) is 5.10 Å². The van der Waals surface area contributed by atoms with E-state index < -0.39 is 6.10 Å². The third kappa shape index (κ3) is 4.39. The lowest BCUT2D eigenvalue weighted by Crippen LogP contribution is -2.53. The molecule has 0 bridgehead atoms. The van der Waals surface area contributed by atoms with Crippen molar-refractivity contribution in [1.82, 2.24) is 19.6 Å². The number of morpholine rings is 1. The summed E-state index contributed by atoms with van der Waals surface area (Å²) >= 11 is 0. The van der Waals surface area contributed by atoms with Crippen LogP contribution < -0.4 is 0 Å². The number of amides is 2. The Kier molecular flexibility index (Phi) is 5.73. The van der Waals surface area contributed by atoms with E-state index in [0.29, 0.717) is 19.7 Å². The lowest BCUT2D eigenvalue weighted by Gasteiger charge is -2.34. The van der Waals surface area contributed by atoms with Crippen LogP contribution in [0.2, 0.25) is 0 Å². The molecule has 2 amide bonds. The highest BCUT2D eigenvalue weighted by atomic mass is 16.5. The molecule has 138 valence electrons. The molecule has 7 heteroatoms. The number of aromatic nitrogens is 2. The molecule has 2 saturated heterocycles. The summed E-state index contributed by atoms with van der Waals surface area (Å²) < 4.78 is 7.41. The first-order valence-corrected chi connectivity index (χ1v) is 9.24. The fourth-order valence-corrected chi connectivity index (χ4v) is 3.58. The summed E-state index contributed by atoms with van der Waals surface area (Å²) in [6.45, 7) is 6.96. The topological polar surface area (TPSA) is 67.7 Å². The first-order valence-electron chi connectivity index (χ1n) is 9.24. The van der Waals surface area contributed by atoms with Gasteiger partial charge in [0.25, 0.3) is 5.91 Å². The quantitative estimate of drug-likeness (QED) is 0.821. The molecule has 2 aliphatic heterocycles. The Bertz CT molecular complexity index is 620. The summed E-state index contributed by atoms with van der Waals surface area (Å²) in [7, 11) is 0. The van der Waals surface area contributed by atoms with Gasteiger partial charge in [-0.25, -0.2) is 0 Å². The van der Waals surface area contributed by atoms with Crippen LogP contribution in [0.1, 0.15) is 37.1 Å². The predicted octanol–water partition coefficient (Wildman–Crippen LogP) is 1.13. The van der Waals surface area contributed by atoms with Crippen LogP contribution in [-0.2, 0) is 20.9 Å². The first-order chi connectivity index (χ1) is 12.0. The number of hydrogen-bond donors (Lipinski definition) is 0. The highest BCUT2D eigenvalue weighted by molar-refractivity contribution is 5.83. The summed E-state index contributed by atoms with van der Waals surface area (Å²) in [5.41, 5.74) is 1.87. The predicted molar refractivity (Wildman–Crippen MR) is 93.1 cm³/mol. The molecule has 1 aromatic rings. The molecule has 1 atom stereocenters. The van der Waals surface area contributed by atoms with Crippen molar-refractivity contribution in [2.75, 3.05) is 32.8 Å². The summed E-state index contributed by atoms with van der Waals surface area (Å²) in [5.74, 6) is 0.0219. The second-order valence-corrected chi connectivity index (χ2v) is 7.02. The van der Waals surface area contributed by atoms with E-state index >= 15 is 0 Å². The fraction of sp³-hybridized carbons (Fsp3) is 0.722. The molecule has 0 saturated carbocycles. The molecule has 0 aromatic carbocycles. The summed E-state index contributed by atoms with van der Waals surface area (Å²) in [5, 5.41) is 4.35. The number of ether oxygens (including phenoxy) is 1. The number of likely N-dealkylation sites (tertiary alicyclic amines) is 1. The molecule has 1 aromatic heterocycles. The molecule has 0 aliphatic carbocycles. The van der Waals surface area contributed by atoms with Gasteiger partial charge in [-0.3, -0.25) is 14.3 Å². The smallest absolute Gasteiger partial charge is 0.253 e. The molecule has 3 heterocycles. The Morgan fingerprint density at radius 2 is 1.84 bits per heavy atom. The summed E-state index contributed by atoms with van der Waals surface area (Å²) in [4.78, 5) is 29.0. The van der Waals surface area contributed by atoms with Gasteiger partial charge in [0.05, 0.1) is 18.8 Å². The van der Waals surface area contributed by atoms with Crippen LogP contribution in [0.25, 0.3) is 0 Å². The third-order valence-electron chi connectivity index (χ3n) is 5.00. The maximum absolute atomic E-state index is 12.7.